The number of hydrogen-bond donors (Lipinski definition) is 1. The van der Waals surface area contributed by atoms with Gasteiger partial charge in [0.25, 0.3) is 0 Å². The van der Waals surface area contributed by atoms with Gasteiger partial charge in [0.15, 0.2) is 0 Å². The molecule has 0 bridgehead atoms. The fourth-order valence-corrected chi connectivity index (χ4v) is 3.36. The second-order valence-corrected chi connectivity index (χ2v) is 8.66. The molecule has 0 heterocycles. The molecule has 1 aromatic rings. The second-order valence-electron chi connectivity index (χ2n) is 6.76. The Kier molecular flexibility index (Phi) is 7.27. The van der Waals surface area contributed by atoms with Gasteiger partial charge in [-0.05, 0) is 50.3 Å². The lowest BCUT2D eigenvalue weighted by atomic mass is 10.1. The molecule has 1 N–H and O–H groups in total. The molecule has 136 valence electrons. The fraction of sp³-hybridized carbons (Fsp3) is 0.611. The van der Waals surface area contributed by atoms with E-state index in [0.717, 1.165) is 11.1 Å². The zero-order valence-electron chi connectivity index (χ0n) is 15.6. The molecule has 0 spiro atoms. The van der Waals surface area contributed by atoms with Crippen molar-refractivity contribution in [2.24, 2.45) is 5.92 Å². The van der Waals surface area contributed by atoms with Crippen LogP contribution in [-0.2, 0) is 14.8 Å². The van der Waals surface area contributed by atoms with Crippen molar-refractivity contribution in [3.05, 3.63) is 29.3 Å². The molecule has 0 radical (unpaired) electrons. The molecule has 5 nitrogen and oxygen atoms in total. The van der Waals surface area contributed by atoms with Crippen molar-refractivity contribution < 1.29 is 13.2 Å². The van der Waals surface area contributed by atoms with E-state index in [1.165, 1.54) is 10.6 Å². The van der Waals surface area contributed by atoms with E-state index in [-0.39, 0.29) is 11.9 Å². The van der Waals surface area contributed by atoms with Gasteiger partial charge in [-0.2, -0.15) is 0 Å². The highest BCUT2D eigenvalue weighted by Gasteiger charge is 2.20. The van der Waals surface area contributed by atoms with Crippen molar-refractivity contribution in [2.45, 2.75) is 53.5 Å². The van der Waals surface area contributed by atoms with Gasteiger partial charge in [-0.1, -0.05) is 26.0 Å². The van der Waals surface area contributed by atoms with Crippen LogP contribution in [0.4, 0.5) is 5.69 Å². The minimum atomic E-state index is -3.39. The summed E-state index contributed by atoms with van der Waals surface area (Å²) in [6.07, 6.45) is 2.00. The Morgan fingerprint density at radius 1 is 1.21 bits per heavy atom. The molecule has 0 aromatic heterocycles. The number of nitrogens with zero attached hydrogens (tertiary/aromatic N) is 1. The standard InChI is InChI=1S/C18H30N2O3S/c1-13(2)16(5)19-18(21)11-8-12-20(24(6,22)23)17-10-7-9-14(3)15(17)4/h7,9-10,13,16H,8,11-12H2,1-6H3,(H,19,21). The lowest BCUT2D eigenvalue weighted by molar-refractivity contribution is -0.122. The van der Waals surface area contributed by atoms with E-state index < -0.39 is 10.0 Å². The number of carbonyl (C=O) groups excluding carboxylic acids is 1. The molecule has 0 aliphatic carbocycles. The van der Waals surface area contributed by atoms with Crippen molar-refractivity contribution in [1.29, 1.82) is 0 Å². The van der Waals surface area contributed by atoms with Gasteiger partial charge >= 0.3 is 0 Å². The van der Waals surface area contributed by atoms with Crippen LogP contribution in [0, 0.1) is 19.8 Å². The third kappa shape index (κ3) is 5.82. The molecule has 0 saturated carbocycles. The Hall–Kier alpha value is -1.56. The Labute approximate surface area is 146 Å². The number of sulfonamides is 1. The van der Waals surface area contributed by atoms with Crippen molar-refractivity contribution in [3.63, 3.8) is 0 Å². The number of rotatable bonds is 8. The van der Waals surface area contributed by atoms with E-state index >= 15 is 0 Å². The van der Waals surface area contributed by atoms with E-state index in [1.54, 1.807) is 0 Å². The summed E-state index contributed by atoms with van der Waals surface area (Å²) < 4.78 is 25.7. The zero-order valence-corrected chi connectivity index (χ0v) is 16.4. The third-order valence-corrected chi connectivity index (χ3v) is 5.58. The predicted molar refractivity (Wildman–Crippen MR) is 99.8 cm³/mol. The van der Waals surface area contributed by atoms with Gasteiger partial charge < -0.3 is 5.32 Å². The van der Waals surface area contributed by atoms with Crippen LogP contribution >= 0.6 is 0 Å². The first-order valence-corrected chi connectivity index (χ1v) is 10.2. The Bertz CT molecular complexity index is 669. The van der Waals surface area contributed by atoms with E-state index in [1.807, 2.05) is 39.0 Å². The summed E-state index contributed by atoms with van der Waals surface area (Å²) in [5.74, 6) is 0.335. The van der Waals surface area contributed by atoms with E-state index in [2.05, 4.69) is 19.2 Å². The van der Waals surface area contributed by atoms with Gasteiger partial charge in [0.1, 0.15) is 0 Å². The molecule has 1 amide bonds. The summed E-state index contributed by atoms with van der Waals surface area (Å²) >= 11 is 0. The first kappa shape index (κ1) is 20.5. The topological polar surface area (TPSA) is 66.5 Å². The monoisotopic (exact) mass is 354 g/mol. The highest BCUT2D eigenvalue weighted by Crippen LogP contribution is 2.25. The molecule has 1 unspecified atom stereocenters. The van der Waals surface area contributed by atoms with Gasteiger partial charge in [-0.15, -0.1) is 0 Å². The summed E-state index contributed by atoms with van der Waals surface area (Å²) in [5.41, 5.74) is 2.68. The maximum Gasteiger partial charge on any atom is 0.232 e. The number of aryl methyl sites for hydroxylation is 1. The molecular weight excluding hydrogens is 324 g/mol. The highest BCUT2D eigenvalue weighted by molar-refractivity contribution is 7.92. The van der Waals surface area contributed by atoms with Crippen LogP contribution in [0.25, 0.3) is 0 Å². The maximum atomic E-state index is 12.2. The van der Waals surface area contributed by atoms with Crippen LogP contribution in [0.15, 0.2) is 18.2 Å². The Morgan fingerprint density at radius 3 is 2.38 bits per heavy atom. The molecule has 1 atom stereocenters. The molecule has 24 heavy (non-hydrogen) atoms. The summed E-state index contributed by atoms with van der Waals surface area (Å²) in [5, 5.41) is 2.95. The summed E-state index contributed by atoms with van der Waals surface area (Å²) in [4.78, 5) is 12.0. The number of carbonyl (C=O) groups is 1. The van der Waals surface area contributed by atoms with E-state index in [4.69, 9.17) is 0 Å². The molecule has 1 rings (SSSR count). The quantitative estimate of drug-likeness (QED) is 0.780. The first-order valence-electron chi connectivity index (χ1n) is 8.37. The van der Waals surface area contributed by atoms with Gasteiger partial charge in [-0.25, -0.2) is 8.42 Å². The average molecular weight is 355 g/mol. The normalized spacial score (nSPS) is 13.0. The predicted octanol–water partition coefficient (Wildman–Crippen LogP) is 3.01. The molecule has 0 aliphatic rings. The van der Waals surface area contributed by atoms with Crippen LogP contribution in [0.2, 0.25) is 0 Å². The van der Waals surface area contributed by atoms with Crippen molar-refractivity contribution >= 4 is 21.6 Å². The molecule has 0 aliphatic heterocycles. The number of amides is 1. The average Bonchev–Trinajstić information content (AvgIpc) is 2.45. The van der Waals surface area contributed by atoms with Gasteiger partial charge in [0.2, 0.25) is 15.9 Å². The molecule has 0 fully saturated rings. The molecule has 1 aromatic carbocycles. The van der Waals surface area contributed by atoms with E-state index in [9.17, 15) is 13.2 Å². The minimum Gasteiger partial charge on any atom is -0.353 e. The fourth-order valence-electron chi connectivity index (χ4n) is 2.35. The minimum absolute atomic E-state index is 0.0365. The lowest BCUT2D eigenvalue weighted by Crippen LogP contribution is -2.37. The Balaban J connectivity index is 2.77. The van der Waals surface area contributed by atoms with Crippen LogP contribution in [0.3, 0.4) is 0 Å². The second kappa shape index (κ2) is 8.51. The SMILES string of the molecule is Cc1cccc(N(CCCC(=O)NC(C)C(C)C)S(C)(=O)=O)c1C. The lowest BCUT2D eigenvalue weighted by Gasteiger charge is -2.25. The number of benzene rings is 1. The summed E-state index contributed by atoms with van der Waals surface area (Å²) in [7, 11) is -3.39. The Morgan fingerprint density at radius 2 is 1.83 bits per heavy atom. The van der Waals surface area contributed by atoms with Gasteiger partial charge in [0, 0.05) is 19.0 Å². The summed E-state index contributed by atoms with van der Waals surface area (Å²) in [6, 6.07) is 5.74. The molecule has 0 saturated heterocycles. The van der Waals surface area contributed by atoms with Crippen LogP contribution in [0.5, 0.6) is 0 Å². The number of anilines is 1. The number of hydrogen-bond acceptors (Lipinski definition) is 3. The first-order chi connectivity index (χ1) is 11.0. The zero-order chi connectivity index (χ0) is 18.5. The van der Waals surface area contributed by atoms with Crippen molar-refractivity contribution in [3.8, 4) is 0 Å². The van der Waals surface area contributed by atoms with Crippen LogP contribution in [0.1, 0.15) is 44.7 Å². The van der Waals surface area contributed by atoms with Crippen LogP contribution < -0.4 is 9.62 Å². The smallest absolute Gasteiger partial charge is 0.232 e. The van der Waals surface area contributed by atoms with Crippen molar-refractivity contribution in [2.75, 3.05) is 17.1 Å². The van der Waals surface area contributed by atoms with Gasteiger partial charge in [0.05, 0.1) is 11.9 Å². The van der Waals surface area contributed by atoms with Crippen LogP contribution in [-0.4, -0.2) is 33.2 Å². The van der Waals surface area contributed by atoms with Gasteiger partial charge in [-0.3, -0.25) is 9.10 Å². The van der Waals surface area contributed by atoms with Crippen molar-refractivity contribution in [1.82, 2.24) is 5.32 Å². The number of nitrogens with one attached hydrogen (secondary N) is 1. The molecular formula is C18H30N2O3S. The molecule has 6 heteroatoms. The third-order valence-electron chi connectivity index (χ3n) is 4.40. The highest BCUT2D eigenvalue weighted by atomic mass is 32.2. The summed E-state index contributed by atoms with van der Waals surface area (Å²) in [6.45, 7) is 10.3. The van der Waals surface area contributed by atoms with E-state index in [0.29, 0.717) is 31.0 Å². The largest absolute Gasteiger partial charge is 0.353 e. The maximum absolute atomic E-state index is 12.2.